The number of hydrogen-bond donors (Lipinski definition) is 1. The molecule has 0 unspecified atom stereocenters. The van der Waals surface area contributed by atoms with Gasteiger partial charge in [0.25, 0.3) is 0 Å². The first-order valence-electron chi connectivity index (χ1n) is 9.81. The highest BCUT2D eigenvalue weighted by atomic mass is 32.2. The van der Waals surface area contributed by atoms with Gasteiger partial charge in [0.2, 0.25) is 15.9 Å². The maximum Gasteiger partial charge on any atom is 0.244 e. The Hall–Kier alpha value is -2.30. The number of ether oxygens (including phenoxy) is 2. The molecule has 2 aromatic rings. The van der Waals surface area contributed by atoms with Gasteiger partial charge in [0.05, 0.1) is 10.8 Å². The minimum Gasteiger partial charge on any atom is -0.486 e. The Balaban J connectivity index is 1.32. The largest absolute Gasteiger partial charge is 0.486 e. The summed E-state index contributed by atoms with van der Waals surface area (Å²) in [6, 6.07) is 8.45. The van der Waals surface area contributed by atoms with Crippen LogP contribution in [0.2, 0.25) is 0 Å². The number of hydrogen-bond acceptors (Lipinski definition) is 7. The standard InChI is InChI=1S/C20H23N3O5S2/c24-19(22-15-4-6-17-18(12-15)28-11-10-27-17)14-29-20-7-5-16(13-21-20)30(25,26)23-8-2-1-3-9-23/h4-7,12-13H,1-3,8-11,14H2,(H,22,24). The van der Waals surface area contributed by atoms with E-state index in [2.05, 4.69) is 10.3 Å². The monoisotopic (exact) mass is 449 g/mol. The van der Waals surface area contributed by atoms with E-state index >= 15 is 0 Å². The van der Waals surface area contributed by atoms with E-state index in [0.717, 1.165) is 19.3 Å². The molecule has 3 heterocycles. The lowest BCUT2D eigenvalue weighted by molar-refractivity contribution is -0.113. The molecule has 0 spiro atoms. The predicted octanol–water partition coefficient (Wildman–Crippen LogP) is 2.76. The fraction of sp³-hybridized carbons (Fsp3) is 0.400. The molecule has 1 saturated heterocycles. The zero-order valence-electron chi connectivity index (χ0n) is 16.4. The molecule has 1 aromatic heterocycles. The number of nitrogens with one attached hydrogen (secondary N) is 1. The molecule has 10 heteroatoms. The fourth-order valence-electron chi connectivity index (χ4n) is 3.32. The molecule has 160 valence electrons. The summed E-state index contributed by atoms with van der Waals surface area (Å²) in [5, 5.41) is 3.40. The second-order valence-electron chi connectivity index (χ2n) is 6.99. The molecule has 1 amide bonds. The predicted molar refractivity (Wildman–Crippen MR) is 114 cm³/mol. The van der Waals surface area contributed by atoms with E-state index in [0.29, 0.717) is 48.5 Å². The molecule has 0 aliphatic carbocycles. The Morgan fingerprint density at radius 2 is 1.83 bits per heavy atom. The van der Waals surface area contributed by atoms with E-state index in [9.17, 15) is 13.2 Å². The fourth-order valence-corrected chi connectivity index (χ4v) is 5.42. The summed E-state index contributed by atoms with van der Waals surface area (Å²) in [6.07, 6.45) is 4.21. The van der Waals surface area contributed by atoms with Crippen LogP contribution in [0.15, 0.2) is 46.5 Å². The molecule has 1 aromatic carbocycles. The molecule has 0 radical (unpaired) electrons. The number of carbonyl (C=O) groups is 1. The molecule has 2 aliphatic rings. The van der Waals surface area contributed by atoms with Gasteiger partial charge in [-0.3, -0.25) is 4.79 Å². The highest BCUT2D eigenvalue weighted by Crippen LogP contribution is 2.32. The van der Waals surface area contributed by atoms with E-state index in [1.165, 1.54) is 22.3 Å². The Kier molecular flexibility index (Phi) is 6.45. The highest BCUT2D eigenvalue weighted by Gasteiger charge is 2.26. The summed E-state index contributed by atoms with van der Waals surface area (Å²) < 4.78 is 37.8. The van der Waals surface area contributed by atoms with Gasteiger partial charge in [-0.25, -0.2) is 13.4 Å². The van der Waals surface area contributed by atoms with Crippen LogP contribution in [0.4, 0.5) is 5.69 Å². The van der Waals surface area contributed by atoms with Gasteiger partial charge < -0.3 is 14.8 Å². The van der Waals surface area contributed by atoms with Crippen molar-refractivity contribution >= 4 is 33.4 Å². The average molecular weight is 450 g/mol. The lowest BCUT2D eigenvalue weighted by Crippen LogP contribution is -2.35. The third-order valence-corrected chi connectivity index (χ3v) is 7.67. The molecule has 30 heavy (non-hydrogen) atoms. The maximum atomic E-state index is 12.7. The van der Waals surface area contributed by atoms with Gasteiger partial charge in [0, 0.05) is 31.0 Å². The van der Waals surface area contributed by atoms with Crippen molar-refractivity contribution in [3.63, 3.8) is 0 Å². The Labute approximate surface area is 180 Å². The van der Waals surface area contributed by atoms with Gasteiger partial charge >= 0.3 is 0 Å². The molecule has 8 nitrogen and oxygen atoms in total. The van der Waals surface area contributed by atoms with Crippen LogP contribution < -0.4 is 14.8 Å². The van der Waals surface area contributed by atoms with Crippen molar-refractivity contribution in [1.82, 2.24) is 9.29 Å². The van der Waals surface area contributed by atoms with Crippen LogP contribution in [0.3, 0.4) is 0 Å². The van der Waals surface area contributed by atoms with Crippen LogP contribution in [0.1, 0.15) is 19.3 Å². The number of aromatic nitrogens is 1. The Morgan fingerprint density at radius 3 is 2.57 bits per heavy atom. The second kappa shape index (κ2) is 9.23. The third kappa shape index (κ3) is 4.88. The number of anilines is 1. The van der Waals surface area contributed by atoms with Crippen LogP contribution >= 0.6 is 11.8 Å². The molecule has 0 bridgehead atoms. The van der Waals surface area contributed by atoms with Crippen LogP contribution in [0.5, 0.6) is 11.5 Å². The minimum absolute atomic E-state index is 0.152. The van der Waals surface area contributed by atoms with Gasteiger partial charge in [0.15, 0.2) is 11.5 Å². The second-order valence-corrected chi connectivity index (χ2v) is 9.93. The Bertz CT molecular complexity index is 1010. The molecule has 2 aliphatic heterocycles. The van der Waals surface area contributed by atoms with Crippen molar-refractivity contribution in [3.05, 3.63) is 36.5 Å². The Morgan fingerprint density at radius 1 is 1.07 bits per heavy atom. The van der Waals surface area contributed by atoms with Gasteiger partial charge in [-0.1, -0.05) is 18.2 Å². The SMILES string of the molecule is O=C(CSc1ccc(S(=O)(=O)N2CCCCC2)cn1)Nc1ccc2c(c1)OCCO2. The topological polar surface area (TPSA) is 97.8 Å². The zero-order chi connectivity index (χ0) is 21.0. The van der Waals surface area contributed by atoms with Crippen molar-refractivity contribution in [1.29, 1.82) is 0 Å². The third-order valence-electron chi connectivity index (χ3n) is 4.84. The van der Waals surface area contributed by atoms with E-state index in [1.807, 2.05) is 0 Å². The van der Waals surface area contributed by atoms with Crippen LogP contribution in [0.25, 0.3) is 0 Å². The molecular formula is C20H23N3O5S2. The summed E-state index contributed by atoms with van der Waals surface area (Å²) in [4.78, 5) is 16.7. The number of carbonyl (C=O) groups excluding carboxylic acids is 1. The molecule has 1 N–H and O–H groups in total. The average Bonchev–Trinajstić information content (AvgIpc) is 2.78. The van der Waals surface area contributed by atoms with E-state index in [4.69, 9.17) is 9.47 Å². The summed E-state index contributed by atoms with van der Waals surface area (Å²) in [7, 11) is -3.50. The van der Waals surface area contributed by atoms with Gasteiger partial charge in [-0.15, -0.1) is 0 Å². The lowest BCUT2D eigenvalue weighted by atomic mass is 10.2. The number of benzene rings is 1. The number of nitrogens with zero attached hydrogens (tertiary/aromatic N) is 2. The van der Waals surface area contributed by atoms with Crippen molar-refractivity contribution in [3.8, 4) is 11.5 Å². The van der Waals surface area contributed by atoms with Crippen LogP contribution in [0, 0.1) is 0 Å². The highest BCUT2D eigenvalue weighted by molar-refractivity contribution is 7.99. The van der Waals surface area contributed by atoms with Crippen LogP contribution in [-0.2, 0) is 14.8 Å². The van der Waals surface area contributed by atoms with Crippen molar-refractivity contribution in [2.75, 3.05) is 37.4 Å². The van der Waals surface area contributed by atoms with Crippen molar-refractivity contribution in [2.45, 2.75) is 29.2 Å². The van der Waals surface area contributed by atoms with Gasteiger partial charge in [-0.2, -0.15) is 4.31 Å². The van der Waals surface area contributed by atoms with Crippen LogP contribution in [-0.4, -0.2) is 55.7 Å². The summed E-state index contributed by atoms with van der Waals surface area (Å²) in [6.45, 7) is 2.10. The smallest absolute Gasteiger partial charge is 0.244 e. The molecule has 0 saturated carbocycles. The van der Waals surface area contributed by atoms with Crippen molar-refractivity contribution < 1.29 is 22.7 Å². The molecule has 0 atom stereocenters. The number of thioether (sulfide) groups is 1. The maximum absolute atomic E-state index is 12.7. The first kappa shape index (κ1) is 21.0. The summed E-state index contributed by atoms with van der Waals surface area (Å²) in [5.74, 6) is 1.24. The molecular weight excluding hydrogens is 426 g/mol. The number of amides is 1. The van der Waals surface area contributed by atoms with Crippen molar-refractivity contribution in [2.24, 2.45) is 0 Å². The summed E-state index contributed by atoms with van der Waals surface area (Å²) >= 11 is 1.24. The van der Waals surface area contributed by atoms with E-state index < -0.39 is 10.0 Å². The number of sulfonamides is 1. The molecule has 1 fully saturated rings. The summed E-state index contributed by atoms with van der Waals surface area (Å²) in [5.41, 5.74) is 0.626. The zero-order valence-corrected chi connectivity index (χ0v) is 18.0. The number of rotatable bonds is 6. The van der Waals surface area contributed by atoms with E-state index in [-0.39, 0.29) is 16.6 Å². The number of pyridine rings is 1. The normalized spacial score (nSPS) is 16.8. The lowest BCUT2D eigenvalue weighted by Gasteiger charge is -2.25. The minimum atomic E-state index is -3.50. The van der Waals surface area contributed by atoms with E-state index in [1.54, 1.807) is 30.3 Å². The van der Waals surface area contributed by atoms with Gasteiger partial charge in [0.1, 0.15) is 18.1 Å². The first-order valence-corrected chi connectivity index (χ1v) is 12.2. The van der Waals surface area contributed by atoms with Gasteiger partial charge in [-0.05, 0) is 37.1 Å². The first-order chi connectivity index (χ1) is 14.5. The number of fused-ring (bicyclic) bond motifs is 1. The number of piperidine rings is 1. The quantitative estimate of drug-likeness (QED) is 0.677. The molecule has 4 rings (SSSR count).